The van der Waals surface area contributed by atoms with Crippen LogP contribution in [0.5, 0.6) is 11.5 Å². The lowest BCUT2D eigenvalue weighted by Crippen LogP contribution is -2.54. The Labute approximate surface area is 237 Å². The number of benzene rings is 3. The topological polar surface area (TPSA) is 128 Å². The van der Waals surface area contributed by atoms with Gasteiger partial charge in [-0.05, 0) is 78.9 Å². The monoisotopic (exact) mass is 555 g/mol. The Hall–Kier alpha value is -5.25. The number of ether oxygens (including phenoxy) is 2. The van der Waals surface area contributed by atoms with Crippen molar-refractivity contribution in [3.05, 3.63) is 111 Å². The van der Waals surface area contributed by atoms with Crippen molar-refractivity contribution in [2.45, 2.75) is 33.3 Å². The number of rotatable bonds is 11. The molecule has 1 N–H and O–H groups in total. The molecule has 1 aliphatic rings. The number of barbiturate groups is 1. The van der Waals surface area contributed by atoms with E-state index in [1.807, 2.05) is 26.0 Å². The molecule has 0 bridgehead atoms. The third-order valence-electron chi connectivity index (χ3n) is 6.36. The number of hydrogen-bond acceptors (Lipinski definition) is 7. The van der Waals surface area contributed by atoms with Crippen LogP contribution in [0.3, 0.4) is 0 Å². The van der Waals surface area contributed by atoms with E-state index in [2.05, 4.69) is 11.9 Å². The van der Waals surface area contributed by atoms with Gasteiger partial charge in [0.25, 0.3) is 17.5 Å². The van der Waals surface area contributed by atoms with Crippen molar-refractivity contribution in [1.29, 1.82) is 0 Å². The summed E-state index contributed by atoms with van der Waals surface area (Å²) in [5.41, 5.74) is 3.05. The summed E-state index contributed by atoms with van der Waals surface area (Å²) in [5.74, 6) is -0.722. The summed E-state index contributed by atoms with van der Waals surface area (Å²) in [6.45, 7) is 8.06. The first-order chi connectivity index (χ1) is 19.7. The second-order valence-electron chi connectivity index (χ2n) is 9.12. The number of urea groups is 1. The highest BCUT2D eigenvalue weighted by Crippen LogP contribution is 2.36. The van der Waals surface area contributed by atoms with Crippen molar-refractivity contribution in [2.75, 3.05) is 11.5 Å². The second-order valence-corrected chi connectivity index (χ2v) is 9.12. The molecule has 4 amide bonds. The van der Waals surface area contributed by atoms with Crippen LogP contribution >= 0.6 is 0 Å². The fourth-order valence-corrected chi connectivity index (χ4v) is 4.31. The van der Waals surface area contributed by atoms with Gasteiger partial charge < -0.3 is 9.47 Å². The zero-order valence-electron chi connectivity index (χ0n) is 22.7. The van der Waals surface area contributed by atoms with Crippen LogP contribution in [0.4, 0.5) is 16.2 Å². The Kier molecular flexibility index (Phi) is 8.93. The lowest BCUT2D eigenvalue weighted by atomic mass is 10.0. The molecule has 0 spiro atoms. The smallest absolute Gasteiger partial charge is 0.335 e. The average molecular weight is 556 g/mol. The molecule has 1 aliphatic heterocycles. The van der Waals surface area contributed by atoms with Crippen LogP contribution in [0.2, 0.25) is 0 Å². The molecule has 10 heteroatoms. The molecular weight excluding hydrogens is 526 g/mol. The largest absolute Gasteiger partial charge is 0.490 e. The molecule has 4 rings (SSSR count). The van der Waals surface area contributed by atoms with Gasteiger partial charge in [-0.2, -0.15) is 0 Å². The van der Waals surface area contributed by atoms with Gasteiger partial charge in [-0.15, -0.1) is 6.58 Å². The maximum absolute atomic E-state index is 13.4. The zero-order chi connectivity index (χ0) is 29.5. The molecule has 0 saturated carbocycles. The van der Waals surface area contributed by atoms with E-state index in [1.165, 1.54) is 18.2 Å². The molecule has 10 nitrogen and oxygen atoms in total. The van der Waals surface area contributed by atoms with E-state index in [0.717, 1.165) is 22.4 Å². The Morgan fingerprint density at radius 2 is 1.66 bits per heavy atom. The first kappa shape index (κ1) is 28.8. The highest BCUT2D eigenvalue weighted by atomic mass is 16.6. The van der Waals surface area contributed by atoms with E-state index in [-0.39, 0.29) is 17.9 Å². The van der Waals surface area contributed by atoms with Gasteiger partial charge in [0.1, 0.15) is 12.2 Å². The number of amides is 4. The van der Waals surface area contributed by atoms with E-state index in [9.17, 15) is 24.5 Å². The lowest BCUT2D eigenvalue weighted by molar-refractivity contribution is -0.384. The molecule has 0 unspecified atom stereocenters. The number of aryl methyl sites for hydroxylation is 1. The van der Waals surface area contributed by atoms with Crippen LogP contribution in [0.15, 0.2) is 78.9 Å². The molecule has 41 heavy (non-hydrogen) atoms. The predicted molar refractivity (Wildman–Crippen MR) is 154 cm³/mol. The fourth-order valence-electron chi connectivity index (χ4n) is 4.31. The van der Waals surface area contributed by atoms with Gasteiger partial charge in [0.15, 0.2) is 11.5 Å². The molecule has 0 atom stereocenters. The van der Waals surface area contributed by atoms with Crippen LogP contribution < -0.4 is 19.7 Å². The van der Waals surface area contributed by atoms with Crippen LogP contribution in [-0.4, -0.2) is 29.4 Å². The van der Waals surface area contributed by atoms with E-state index < -0.39 is 22.8 Å². The van der Waals surface area contributed by atoms with Gasteiger partial charge in [-0.25, -0.2) is 9.69 Å². The van der Waals surface area contributed by atoms with Crippen molar-refractivity contribution in [1.82, 2.24) is 5.32 Å². The van der Waals surface area contributed by atoms with Gasteiger partial charge in [0.05, 0.1) is 17.2 Å². The summed E-state index contributed by atoms with van der Waals surface area (Å²) < 4.78 is 11.9. The molecule has 1 fully saturated rings. The van der Waals surface area contributed by atoms with Crippen molar-refractivity contribution in [3.8, 4) is 11.5 Å². The van der Waals surface area contributed by atoms with Crippen molar-refractivity contribution < 1.29 is 28.8 Å². The SMILES string of the molecule is C=CCc1cc(/C=C2/C(=O)NC(=O)N(c3ccc(CC)cc3)C2=O)cc(OCC)c1OCc1ccc([N+](=O)[O-])cc1. The molecule has 0 aliphatic carbocycles. The summed E-state index contributed by atoms with van der Waals surface area (Å²) in [6.07, 6.45) is 4.28. The summed E-state index contributed by atoms with van der Waals surface area (Å²) in [7, 11) is 0. The summed E-state index contributed by atoms with van der Waals surface area (Å²) in [4.78, 5) is 50.1. The van der Waals surface area contributed by atoms with E-state index in [1.54, 1.807) is 42.5 Å². The fraction of sp³-hybridized carbons (Fsp3) is 0.194. The molecular formula is C31H29N3O7. The number of allylic oxidation sites excluding steroid dienone is 1. The van der Waals surface area contributed by atoms with Gasteiger partial charge in [-0.3, -0.25) is 25.0 Å². The average Bonchev–Trinajstić information content (AvgIpc) is 2.95. The van der Waals surface area contributed by atoms with Gasteiger partial charge in [0, 0.05) is 17.7 Å². The molecule has 0 aromatic heterocycles. The summed E-state index contributed by atoms with van der Waals surface area (Å²) >= 11 is 0. The number of carbonyl (C=O) groups is 3. The molecule has 3 aromatic rings. The Bertz CT molecular complexity index is 1530. The van der Waals surface area contributed by atoms with Crippen LogP contribution in [0, 0.1) is 10.1 Å². The normalized spacial score (nSPS) is 14.1. The molecule has 1 heterocycles. The Balaban J connectivity index is 1.68. The number of nitrogens with zero attached hydrogens (tertiary/aromatic N) is 2. The number of hydrogen-bond donors (Lipinski definition) is 1. The Morgan fingerprint density at radius 1 is 0.976 bits per heavy atom. The maximum Gasteiger partial charge on any atom is 0.335 e. The molecule has 1 saturated heterocycles. The second kappa shape index (κ2) is 12.7. The molecule has 3 aromatic carbocycles. The van der Waals surface area contributed by atoms with Crippen molar-refractivity contribution in [2.24, 2.45) is 0 Å². The van der Waals surface area contributed by atoms with Gasteiger partial charge in [-0.1, -0.05) is 25.1 Å². The van der Waals surface area contributed by atoms with Crippen molar-refractivity contribution in [3.63, 3.8) is 0 Å². The standard InChI is InChI=1S/C31H29N3O7/c1-4-7-23-16-22(18-27(40-6-3)28(23)41-19-21-10-14-25(15-11-21)34(38)39)17-26-29(35)32-31(37)33(30(26)36)24-12-8-20(5-2)9-13-24/h4,8-18H,1,5-7,19H2,2-3H3,(H,32,35,37)/b26-17-. The number of nitro benzene ring substituents is 1. The third-order valence-corrected chi connectivity index (χ3v) is 6.36. The summed E-state index contributed by atoms with van der Waals surface area (Å²) in [5, 5.41) is 13.2. The molecule has 0 radical (unpaired) electrons. The minimum atomic E-state index is -0.821. The molecule has 210 valence electrons. The number of non-ortho nitro benzene ring substituents is 1. The number of nitro groups is 1. The van der Waals surface area contributed by atoms with E-state index in [0.29, 0.717) is 41.3 Å². The minimum absolute atomic E-state index is 0.0203. The van der Waals surface area contributed by atoms with Crippen molar-refractivity contribution >= 4 is 35.3 Å². The number of anilines is 1. The predicted octanol–water partition coefficient (Wildman–Crippen LogP) is 5.53. The zero-order valence-corrected chi connectivity index (χ0v) is 22.7. The minimum Gasteiger partial charge on any atom is -0.490 e. The first-order valence-electron chi connectivity index (χ1n) is 13.0. The quantitative estimate of drug-likeness (QED) is 0.108. The highest BCUT2D eigenvalue weighted by molar-refractivity contribution is 6.39. The van der Waals surface area contributed by atoms with Gasteiger partial charge in [0.2, 0.25) is 0 Å². The highest BCUT2D eigenvalue weighted by Gasteiger charge is 2.37. The van der Waals surface area contributed by atoms with Crippen LogP contribution in [-0.2, 0) is 29.0 Å². The summed E-state index contributed by atoms with van der Waals surface area (Å²) in [6, 6.07) is 15.6. The lowest BCUT2D eigenvalue weighted by Gasteiger charge is -2.26. The van der Waals surface area contributed by atoms with Crippen LogP contribution in [0.1, 0.15) is 36.1 Å². The van der Waals surface area contributed by atoms with E-state index >= 15 is 0 Å². The van der Waals surface area contributed by atoms with E-state index in [4.69, 9.17) is 9.47 Å². The third kappa shape index (κ3) is 6.50. The number of nitrogens with one attached hydrogen (secondary N) is 1. The number of imide groups is 2. The van der Waals surface area contributed by atoms with Crippen LogP contribution in [0.25, 0.3) is 6.08 Å². The first-order valence-corrected chi connectivity index (χ1v) is 13.0. The van der Waals surface area contributed by atoms with Gasteiger partial charge >= 0.3 is 6.03 Å². The Morgan fingerprint density at radius 3 is 2.27 bits per heavy atom. The number of carbonyl (C=O) groups excluding carboxylic acids is 3. The maximum atomic E-state index is 13.4.